The highest BCUT2D eigenvalue weighted by molar-refractivity contribution is 7.09. The van der Waals surface area contributed by atoms with Crippen molar-refractivity contribution in [1.82, 2.24) is 19.8 Å². The molecular weight excluding hydrogens is 462 g/mol. The Morgan fingerprint density at radius 2 is 1.91 bits per heavy atom. The predicted octanol–water partition coefficient (Wildman–Crippen LogP) is 2.90. The number of aromatic nitrogens is 2. The minimum Gasteiger partial charge on any atom is -0.496 e. The summed E-state index contributed by atoms with van der Waals surface area (Å²) in [7, 11) is 1.50. The SMILES string of the molecule is COc1cc(=O)n2c(c1C(=O)NCc1nccs1)CCN(Cc1ccc(N3CCCC3)cc1)CC2. The van der Waals surface area contributed by atoms with Gasteiger partial charge in [0.1, 0.15) is 16.3 Å². The molecule has 3 aromatic rings. The molecule has 0 radical (unpaired) electrons. The normalized spacial score (nSPS) is 16.1. The summed E-state index contributed by atoms with van der Waals surface area (Å²) in [5.74, 6) is 0.0793. The number of carbonyl (C=O) groups is 1. The molecule has 1 aromatic carbocycles. The van der Waals surface area contributed by atoms with E-state index in [9.17, 15) is 9.59 Å². The van der Waals surface area contributed by atoms with Crippen LogP contribution in [0.15, 0.2) is 46.7 Å². The van der Waals surface area contributed by atoms with Crippen LogP contribution in [0.4, 0.5) is 5.69 Å². The quantitative estimate of drug-likeness (QED) is 0.545. The number of ether oxygens (including phenoxy) is 1. The molecule has 9 heteroatoms. The summed E-state index contributed by atoms with van der Waals surface area (Å²) in [6.45, 7) is 5.48. The van der Waals surface area contributed by atoms with Crippen LogP contribution in [0.1, 0.15) is 39.5 Å². The van der Waals surface area contributed by atoms with Gasteiger partial charge < -0.3 is 19.5 Å². The highest BCUT2D eigenvalue weighted by Crippen LogP contribution is 2.24. The summed E-state index contributed by atoms with van der Waals surface area (Å²) in [6.07, 6.45) is 4.85. The molecule has 0 bridgehead atoms. The molecule has 2 aliphatic rings. The number of nitrogens with one attached hydrogen (secondary N) is 1. The first-order chi connectivity index (χ1) is 17.1. The fraction of sp³-hybridized carbons (Fsp3) is 0.423. The number of anilines is 1. The zero-order chi connectivity index (χ0) is 24.2. The lowest BCUT2D eigenvalue weighted by Crippen LogP contribution is -2.31. The van der Waals surface area contributed by atoms with Gasteiger partial charge in [-0.1, -0.05) is 12.1 Å². The Labute approximate surface area is 209 Å². The van der Waals surface area contributed by atoms with E-state index in [1.54, 1.807) is 10.8 Å². The third-order valence-electron chi connectivity index (χ3n) is 6.83. The highest BCUT2D eigenvalue weighted by Gasteiger charge is 2.25. The molecule has 1 amide bonds. The van der Waals surface area contributed by atoms with Gasteiger partial charge in [-0.25, -0.2) is 4.98 Å². The molecule has 184 valence electrons. The Bertz CT molecular complexity index is 1220. The monoisotopic (exact) mass is 493 g/mol. The largest absolute Gasteiger partial charge is 0.496 e. The van der Waals surface area contributed by atoms with Crippen molar-refractivity contribution in [2.45, 2.75) is 38.9 Å². The number of pyridine rings is 1. The number of fused-ring (bicyclic) bond motifs is 1. The van der Waals surface area contributed by atoms with E-state index < -0.39 is 0 Å². The van der Waals surface area contributed by atoms with Gasteiger partial charge in [-0.2, -0.15) is 0 Å². The first-order valence-corrected chi connectivity index (χ1v) is 13.0. The molecule has 35 heavy (non-hydrogen) atoms. The minimum absolute atomic E-state index is 0.134. The molecule has 0 unspecified atom stereocenters. The van der Waals surface area contributed by atoms with Gasteiger partial charge in [0, 0.05) is 74.7 Å². The number of nitrogens with zero attached hydrogens (tertiary/aromatic N) is 4. The van der Waals surface area contributed by atoms with E-state index in [1.807, 2.05) is 5.38 Å². The number of carbonyl (C=O) groups excluding carboxylic acids is 1. The zero-order valence-corrected chi connectivity index (χ0v) is 20.9. The van der Waals surface area contributed by atoms with Gasteiger partial charge in [0.2, 0.25) is 0 Å². The number of benzene rings is 1. The summed E-state index contributed by atoms with van der Waals surface area (Å²) in [4.78, 5) is 35.1. The van der Waals surface area contributed by atoms with Crippen molar-refractivity contribution in [2.75, 3.05) is 38.2 Å². The van der Waals surface area contributed by atoms with Gasteiger partial charge in [0.15, 0.2) is 0 Å². The molecule has 4 heterocycles. The second-order valence-corrected chi connectivity index (χ2v) is 10.00. The topological polar surface area (TPSA) is 79.7 Å². The lowest BCUT2D eigenvalue weighted by molar-refractivity contribution is 0.0945. The molecule has 5 rings (SSSR count). The number of amides is 1. The van der Waals surface area contributed by atoms with Crippen LogP contribution >= 0.6 is 11.3 Å². The van der Waals surface area contributed by atoms with Crippen LogP contribution in [-0.4, -0.2) is 53.6 Å². The van der Waals surface area contributed by atoms with E-state index in [0.717, 1.165) is 43.4 Å². The average Bonchev–Trinajstić information content (AvgIpc) is 3.56. The van der Waals surface area contributed by atoms with Crippen LogP contribution in [0.25, 0.3) is 0 Å². The summed E-state index contributed by atoms with van der Waals surface area (Å²) in [5.41, 5.74) is 3.59. The van der Waals surface area contributed by atoms with Crippen LogP contribution < -0.4 is 20.5 Å². The van der Waals surface area contributed by atoms with E-state index in [0.29, 0.717) is 30.8 Å². The molecular formula is C26H31N5O3S. The molecule has 2 aliphatic heterocycles. The maximum Gasteiger partial charge on any atom is 0.257 e. The van der Waals surface area contributed by atoms with Crippen molar-refractivity contribution in [3.8, 4) is 5.75 Å². The molecule has 1 saturated heterocycles. The van der Waals surface area contributed by atoms with Gasteiger partial charge >= 0.3 is 0 Å². The van der Waals surface area contributed by atoms with Gasteiger partial charge in [0.05, 0.1) is 13.7 Å². The molecule has 0 atom stereocenters. The zero-order valence-electron chi connectivity index (χ0n) is 20.0. The Balaban J connectivity index is 1.31. The van der Waals surface area contributed by atoms with E-state index >= 15 is 0 Å². The van der Waals surface area contributed by atoms with Crippen molar-refractivity contribution >= 4 is 22.9 Å². The van der Waals surface area contributed by atoms with Crippen LogP contribution in [0, 0.1) is 0 Å². The van der Waals surface area contributed by atoms with Crippen molar-refractivity contribution in [3.63, 3.8) is 0 Å². The maximum atomic E-state index is 13.2. The lowest BCUT2D eigenvalue weighted by atomic mass is 10.1. The number of hydrogen-bond acceptors (Lipinski definition) is 7. The van der Waals surface area contributed by atoms with Crippen LogP contribution in [0.2, 0.25) is 0 Å². The molecule has 2 aromatic heterocycles. The standard InChI is InChI=1S/C26H31N5O3S/c1-34-22-16-24(32)31-14-13-29(18-19-4-6-20(7-5-19)30-10-2-3-11-30)12-8-21(31)25(22)26(33)28-17-23-27-9-15-35-23/h4-7,9,15-16H,2-3,8,10-14,17-18H2,1H3,(H,28,33). The van der Waals surface area contributed by atoms with E-state index in [4.69, 9.17) is 4.74 Å². The van der Waals surface area contributed by atoms with E-state index in [2.05, 4.69) is 44.4 Å². The van der Waals surface area contributed by atoms with Gasteiger partial charge in [-0.05, 0) is 30.5 Å². The van der Waals surface area contributed by atoms with Crippen molar-refractivity contribution < 1.29 is 9.53 Å². The Hall–Kier alpha value is -3.17. The fourth-order valence-electron chi connectivity index (χ4n) is 4.99. The van der Waals surface area contributed by atoms with Crippen molar-refractivity contribution in [2.24, 2.45) is 0 Å². The first kappa shape index (κ1) is 23.6. The molecule has 1 fully saturated rings. The lowest BCUT2D eigenvalue weighted by Gasteiger charge is -2.21. The van der Waals surface area contributed by atoms with Gasteiger partial charge in [-0.15, -0.1) is 11.3 Å². The Kier molecular flexibility index (Phi) is 7.15. The van der Waals surface area contributed by atoms with Crippen molar-refractivity contribution in [3.05, 3.63) is 74.1 Å². The average molecular weight is 494 g/mol. The number of methoxy groups -OCH3 is 1. The second kappa shape index (κ2) is 10.6. The van der Waals surface area contributed by atoms with Crippen LogP contribution in [0.5, 0.6) is 5.75 Å². The Morgan fingerprint density at radius 3 is 2.63 bits per heavy atom. The van der Waals surface area contributed by atoms with Gasteiger partial charge in [0.25, 0.3) is 11.5 Å². The summed E-state index contributed by atoms with van der Waals surface area (Å²) < 4.78 is 7.20. The summed E-state index contributed by atoms with van der Waals surface area (Å²) >= 11 is 1.49. The number of thiazole rings is 1. The highest BCUT2D eigenvalue weighted by atomic mass is 32.1. The van der Waals surface area contributed by atoms with E-state index in [1.165, 1.54) is 48.6 Å². The number of hydrogen-bond donors (Lipinski definition) is 1. The predicted molar refractivity (Wildman–Crippen MR) is 137 cm³/mol. The van der Waals surface area contributed by atoms with E-state index in [-0.39, 0.29) is 11.5 Å². The molecule has 0 spiro atoms. The van der Waals surface area contributed by atoms with Crippen LogP contribution in [0.3, 0.4) is 0 Å². The maximum absolute atomic E-state index is 13.2. The fourth-order valence-corrected chi connectivity index (χ4v) is 5.54. The third-order valence-corrected chi connectivity index (χ3v) is 7.61. The third kappa shape index (κ3) is 5.26. The van der Waals surface area contributed by atoms with Gasteiger partial charge in [-0.3, -0.25) is 14.5 Å². The molecule has 1 N–H and O–H groups in total. The summed E-state index contributed by atoms with van der Waals surface area (Å²) in [5, 5.41) is 5.65. The van der Waals surface area contributed by atoms with Crippen molar-refractivity contribution in [1.29, 1.82) is 0 Å². The molecule has 0 saturated carbocycles. The first-order valence-electron chi connectivity index (χ1n) is 12.2. The second-order valence-electron chi connectivity index (χ2n) is 9.02. The molecule has 0 aliphatic carbocycles. The molecule has 8 nitrogen and oxygen atoms in total. The minimum atomic E-state index is -0.244. The summed E-state index contributed by atoms with van der Waals surface area (Å²) in [6, 6.07) is 10.3. The van der Waals surface area contributed by atoms with Crippen LogP contribution in [-0.2, 0) is 26.1 Å². The smallest absolute Gasteiger partial charge is 0.257 e. The Morgan fingerprint density at radius 1 is 1.11 bits per heavy atom. The number of rotatable bonds is 7.